The van der Waals surface area contributed by atoms with Crippen LogP contribution in [0.1, 0.15) is 12.0 Å². The lowest BCUT2D eigenvalue weighted by atomic mass is 10.1. The first-order chi connectivity index (χ1) is 11.7. The fraction of sp³-hybridized carbons (Fsp3) is 0.143. The van der Waals surface area contributed by atoms with E-state index in [1.165, 1.54) is 0 Å². The molecule has 1 atom stereocenters. The van der Waals surface area contributed by atoms with Crippen LogP contribution in [0.25, 0.3) is 10.8 Å². The molecule has 0 heterocycles. The van der Waals surface area contributed by atoms with Crippen molar-refractivity contribution in [2.24, 2.45) is 0 Å². The van der Waals surface area contributed by atoms with E-state index >= 15 is 0 Å². The number of ether oxygens (including phenoxy) is 2. The van der Waals surface area contributed by atoms with Gasteiger partial charge < -0.3 is 9.47 Å². The van der Waals surface area contributed by atoms with Gasteiger partial charge in [-0.2, -0.15) is 0 Å². The summed E-state index contributed by atoms with van der Waals surface area (Å²) in [5.74, 6) is 0.379. The number of carbonyl (C=O) groups is 1. The summed E-state index contributed by atoms with van der Waals surface area (Å²) in [6, 6.07) is 23.5. The molecular formula is C21H19O3. The zero-order chi connectivity index (χ0) is 16.8. The summed E-state index contributed by atoms with van der Waals surface area (Å²) < 4.78 is 11.0. The highest BCUT2D eigenvalue weighted by Gasteiger charge is 2.12. The first kappa shape index (κ1) is 16.1. The summed E-state index contributed by atoms with van der Waals surface area (Å²) >= 11 is 0. The van der Waals surface area contributed by atoms with Crippen molar-refractivity contribution in [3.63, 3.8) is 0 Å². The monoisotopic (exact) mass is 319 g/mol. The minimum Gasteiger partial charge on any atom is -0.490 e. The topological polar surface area (TPSA) is 35.5 Å². The molecule has 3 heteroatoms. The fourth-order valence-corrected chi connectivity index (χ4v) is 2.46. The van der Waals surface area contributed by atoms with Gasteiger partial charge in [0, 0.05) is 0 Å². The highest BCUT2D eigenvalue weighted by Crippen LogP contribution is 2.22. The van der Waals surface area contributed by atoms with Crippen LogP contribution in [0.3, 0.4) is 0 Å². The van der Waals surface area contributed by atoms with Gasteiger partial charge in [-0.3, -0.25) is 4.79 Å². The Balaban J connectivity index is 1.52. The molecule has 0 spiro atoms. The molecule has 3 aromatic rings. The Morgan fingerprint density at radius 1 is 0.917 bits per heavy atom. The van der Waals surface area contributed by atoms with E-state index in [2.05, 4.69) is 6.92 Å². The van der Waals surface area contributed by atoms with Gasteiger partial charge in [0.15, 0.2) is 0 Å². The Hall–Kier alpha value is -2.81. The van der Waals surface area contributed by atoms with Crippen molar-refractivity contribution in [2.45, 2.75) is 19.1 Å². The van der Waals surface area contributed by atoms with Gasteiger partial charge in [-0.1, -0.05) is 60.7 Å². The van der Waals surface area contributed by atoms with Crippen LogP contribution in [0, 0.1) is 6.92 Å². The van der Waals surface area contributed by atoms with Crippen LogP contribution in [0.15, 0.2) is 72.8 Å². The van der Waals surface area contributed by atoms with Crippen molar-refractivity contribution in [1.29, 1.82) is 0 Å². The van der Waals surface area contributed by atoms with Crippen LogP contribution >= 0.6 is 0 Å². The molecule has 0 aliphatic carbocycles. The van der Waals surface area contributed by atoms with E-state index in [9.17, 15) is 4.79 Å². The SMILES string of the molecule is [CH2]C(CC(=O)OCc1ccccc1)Oc1ccc2ccccc2c1. The zero-order valence-corrected chi connectivity index (χ0v) is 13.4. The minimum atomic E-state index is -0.491. The highest BCUT2D eigenvalue weighted by atomic mass is 16.5. The summed E-state index contributed by atoms with van der Waals surface area (Å²) in [5.41, 5.74) is 0.960. The number of carbonyl (C=O) groups excluding carboxylic acids is 1. The Kier molecular flexibility index (Phi) is 5.12. The van der Waals surface area contributed by atoms with Crippen molar-refractivity contribution in [3.8, 4) is 5.75 Å². The van der Waals surface area contributed by atoms with E-state index in [4.69, 9.17) is 9.47 Å². The second-order valence-corrected chi connectivity index (χ2v) is 5.60. The molecule has 0 bridgehead atoms. The zero-order valence-electron chi connectivity index (χ0n) is 13.4. The van der Waals surface area contributed by atoms with E-state index in [0.29, 0.717) is 5.75 Å². The third-order valence-electron chi connectivity index (χ3n) is 3.66. The molecule has 0 fully saturated rings. The van der Waals surface area contributed by atoms with Gasteiger partial charge in [-0.05, 0) is 35.4 Å². The molecule has 3 aromatic carbocycles. The molecule has 1 radical (unpaired) electrons. The van der Waals surface area contributed by atoms with Gasteiger partial charge in [0.25, 0.3) is 0 Å². The van der Waals surface area contributed by atoms with Crippen LogP contribution in [-0.2, 0) is 16.1 Å². The summed E-state index contributed by atoms with van der Waals surface area (Å²) in [7, 11) is 0. The highest BCUT2D eigenvalue weighted by molar-refractivity contribution is 5.83. The number of hydrogen-bond donors (Lipinski definition) is 0. The number of hydrogen-bond acceptors (Lipinski definition) is 3. The standard InChI is InChI=1S/C21H19O3/c1-16(13-21(22)23-15-17-7-3-2-4-8-17)24-20-12-11-18-9-5-6-10-19(18)14-20/h2-12,14,16H,1,13,15H2. The van der Waals surface area contributed by atoms with Gasteiger partial charge in [-0.15, -0.1) is 0 Å². The van der Waals surface area contributed by atoms with Crippen molar-refractivity contribution < 1.29 is 14.3 Å². The van der Waals surface area contributed by atoms with Crippen LogP contribution < -0.4 is 4.74 Å². The smallest absolute Gasteiger partial charge is 0.309 e. The average Bonchev–Trinajstić information content (AvgIpc) is 2.60. The van der Waals surface area contributed by atoms with Crippen LogP contribution in [0.4, 0.5) is 0 Å². The summed E-state index contributed by atoms with van der Waals surface area (Å²) in [6.45, 7) is 4.15. The summed E-state index contributed by atoms with van der Waals surface area (Å²) in [6.07, 6.45) is -0.380. The van der Waals surface area contributed by atoms with Crippen LogP contribution in [-0.4, -0.2) is 12.1 Å². The number of rotatable bonds is 6. The maximum atomic E-state index is 11.9. The van der Waals surface area contributed by atoms with E-state index < -0.39 is 6.10 Å². The summed E-state index contributed by atoms with van der Waals surface area (Å²) in [4.78, 5) is 11.9. The molecule has 121 valence electrons. The molecule has 3 rings (SSSR count). The van der Waals surface area contributed by atoms with Gasteiger partial charge in [0.2, 0.25) is 0 Å². The second-order valence-electron chi connectivity index (χ2n) is 5.60. The van der Waals surface area contributed by atoms with Crippen molar-refractivity contribution in [1.82, 2.24) is 0 Å². The molecule has 0 amide bonds. The van der Waals surface area contributed by atoms with E-state index in [-0.39, 0.29) is 19.0 Å². The van der Waals surface area contributed by atoms with E-state index in [1.54, 1.807) is 0 Å². The molecule has 0 saturated heterocycles. The third-order valence-corrected chi connectivity index (χ3v) is 3.66. The van der Waals surface area contributed by atoms with Gasteiger partial charge in [-0.25, -0.2) is 0 Å². The number of esters is 1. The lowest BCUT2D eigenvalue weighted by Gasteiger charge is -2.14. The predicted molar refractivity (Wildman–Crippen MR) is 94.6 cm³/mol. The molecule has 3 nitrogen and oxygen atoms in total. The predicted octanol–water partition coefficient (Wildman–Crippen LogP) is 4.55. The van der Waals surface area contributed by atoms with Crippen molar-refractivity contribution >= 4 is 16.7 Å². The molecular weight excluding hydrogens is 300 g/mol. The van der Waals surface area contributed by atoms with E-state index in [1.807, 2.05) is 72.8 Å². The largest absolute Gasteiger partial charge is 0.490 e. The summed E-state index contributed by atoms with van der Waals surface area (Å²) in [5, 5.41) is 2.24. The molecule has 0 aromatic heterocycles. The van der Waals surface area contributed by atoms with Gasteiger partial charge >= 0.3 is 5.97 Å². The fourth-order valence-electron chi connectivity index (χ4n) is 2.46. The molecule has 0 N–H and O–H groups in total. The maximum Gasteiger partial charge on any atom is 0.309 e. The third kappa shape index (κ3) is 4.35. The second kappa shape index (κ2) is 7.64. The van der Waals surface area contributed by atoms with Crippen molar-refractivity contribution in [2.75, 3.05) is 0 Å². The quantitative estimate of drug-likeness (QED) is 0.625. The maximum absolute atomic E-state index is 11.9. The Bertz CT molecular complexity index is 811. The van der Waals surface area contributed by atoms with Gasteiger partial charge in [0.1, 0.15) is 18.5 Å². The first-order valence-electron chi connectivity index (χ1n) is 7.89. The number of benzene rings is 3. The van der Waals surface area contributed by atoms with E-state index in [0.717, 1.165) is 16.3 Å². The van der Waals surface area contributed by atoms with Crippen molar-refractivity contribution in [3.05, 3.63) is 85.3 Å². The molecule has 0 aliphatic heterocycles. The molecule has 0 saturated carbocycles. The molecule has 1 unspecified atom stereocenters. The van der Waals surface area contributed by atoms with Crippen LogP contribution in [0.5, 0.6) is 5.75 Å². The Morgan fingerprint density at radius 3 is 2.42 bits per heavy atom. The minimum absolute atomic E-state index is 0.111. The lowest BCUT2D eigenvalue weighted by molar-refractivity contribution is -0.146. The number of fused-ring (bicyclic) bond motifs is 1. The Morgan fingerprint density at radius 2 is 1.62 bits per heavy atom. The Labute approximate surface area is 141 Å². The molecule has 24 heavy (non-hydrogen) atoms. The van der Waals surface area contributed by atoms with Gasteiger partial charge in [0.05, 0.1) is 6.42 Å². The average molecular weight is 319 g/mol. The van der Waals surface area contributed by atoms with Crippen LogP contribution in [0.2, 0.25) is 0 Å². The molecule has 0 aliphatic rings. The lowest BCUT2D eigenvalue weighted by Crippen LogP contribution is -2.19. The normalized spacial score (nSPS) is 11.9. The first-order valence-corrected chi connectivity index (χ1v) is 7.89.